The average Bonchev–Trinajstić information content (AvgIpc) is 2.37. The standard InChI is InChI=1S/C15H22N2O3/c1-5-10(2)9-17(4)15(20)16-12-8-6-7-11(3)13(12)14(18)19/h6-8,10H,5,9H2,1-4H3,(H,16,20)(H,18,19). The number of amides is 2. The van der Waals surface area contributed by atoms with E-state index in [0.717, 1.165) is 6.42 Å². The second-order valence-corrected chi connectivity index (χ2v) is 5.13. The molecule has 0 saturated heterocycles. The van der Waals surface area contributed by atoms with E-state index >= 15 is 0 Å². The molecule has 5 heteroatoms. The van der Waals surface area contributed by atoms with Crippen LogP contribution in [0.1, 0.15) is 36.2 Å². The molecule has 5 nitrogen and oxygen atoms in total. The lowest BCUT2D eigenvalue weighted by atomic mass is 10.1. The minimum atomic E-state index is -1.04. The molecule has 0 fully saturated rings. The summed E-state index contributed by atoms with van der Waals surface area (Å²) in [6.07, 6.45) is 0.989. The van der Waals surface area contributed by atoms with Gasteiger partial charge in [0, 0.05) is 13.6 Å². The molecule has 110 valence electrons. The summed E-state index contributed by atoms with van der Waals surface area (Å²) >= 11 is 0. The molecular formula is C15H22N2O3. The van der Waals surface area contributed by atoms with Crippen LogP contribution in [0.15, 0.2) is 18.2 Å². The van der Waals surface area contributed by atoms with E-state index in [1.54, 1.807) is 37.1 Å². The molecule has 1 atom stereocenters. The fourth-order valence-electron chi connectivity index (χ4n) is 1.95. The number of anilines is 1. The van der Waals surface area contributed by atoms with Gasteiger partial charge < -0.3 is 15.3 Å². The predicted molar refractivity (Wildman–Crippen MR) is 79.2 cm³/mol. The normalized spacial score (nSPS) is 11.8. The van der Waals surface area contributed by atoms with E-state index in [1.807, 2.05) is 0 Å². The number of nitrogens with one attached hydrogen (secondary N) is 1. The lowest BCUT2D eigenvalue weighted by Crippen LogP contribution is -2.35. The third-order valence-electron chi connectivity index (χ3n) is 3.36. The SMILES string of the molecule is CCC(C)CN(C)C(=O)Nc1cccc(C)c1C(=O)O. The lowest BCUT2D eigenvalue weighted by molar-refractivity contribution is 0.0697. The second-order valence-electron chi connectivity index (χ2n) is 5.13. The molecule has 1 rings (SSSR count). The Morgan fingerprint density at radius 3 is 2.60 bits per heavy atom. The Morgan fingerprint density at radius 1 is 1.40 bits per heavy atom. The Morgan fingerprint density at radius 2 is 2.05 bits per heavy atom. The highest BCUT2D eigenvalue weighted by atomic mass is 16.4. The van der Waals surface area contributed by atoms with Crippen molar-refractivity contribution in [2.24, 2.45) is 5.92 Å². The number of carbonyl (C=O) groups excluding carboxylic acids is 1. The van der Waals surface area contributed by atoms with Gasteiger partial charge in [-0.15, -0.1) is 0 Å². The molecule has 0 aliphatic carbocycles. The van der Waals surface area contributed by atoms with Gasteiger partial charge in [0.05, 0.1) is 11.3 Å². The van der Waals surface area contributed by atoms with Gasteiger partial charge in [0.25, 0.3) is 0 Å². The Kier molecular flexibility index (Phi) is 5.55. The molecule has 20 heavy (non-hydrogen) atoms. The van der Waals surface area contributed by atoms with E-state index < -0.39 is 5.97 Å². The fourth-order valence-corrected chi connectivity index (χ4v) is 1.95. The van der Waals surface area contributed by atoms with Crippen molar-refractivity contribution in [2.75, 3.05) is 18.9 Å². The molecule has 0 aliphatic rings. The first-order valence-electron chi connectivity index (χ1n) is 6.71. The summed E-state index contributed by atoms with van der Waals surface area (Å²) in [5.74, 6) is -0.634. The summed E-state index contributed by atoms with van der Waals surface area (Å²) in [5, 5.41) is 11.9. The van der Waals surface area contributed by atoms with Crippen LogP contribution in [0.25, 0.3) is 0 Å². The number of benzene rings is 1. The third-order valence-corrected chi connectivity index (χ3v) is 3.36. The number of aromatic carboxylic acids is 1. The van der Waals surface area contributed by atoms with Crippen molar-refractivity contribution in [3.8, 4) is 0 Å². The van der Waals surface area contributed by atoms with E-state index in [9.17, 15) is 14.7 Å². The monoisotopic (exact) mass is 278 g/mol. The van der Waals surface area contributed by atoms with Gasteiger partial charge in [-0.25, -0.2) is 9.59 Å². The van der Waals surface area contributed by atoms with Gasteiger partial charge >= 0.3 is 12.0 Å². The fraction of sp³-hybridized carbons (Fsp3) is 0.467. The van der Waals surface area contributed by atoms with Crippen molar-refractivity contribution >= 4 is 17.7 Å². The van der Waals surface area contributed by atoms with Crippen LogP contribution < -0.4 is 5.32 Å². The van der Waals surface area contributed by atoms with Crippen LogP contribution >= 0.6 is 0 Å². The quantitative estimate of drug-likeness (QED) is 0.869. The number of rotatable bonds is 5. The minimum absolute atomic E-state index is 0.137. The van der Waals surface area contributed by atoms with Crippen molar-refractivity contribution in [3.05, 3.63) is 29.3 Å². The lowest BCUT2D eigenvalue weighted by Gasteiger charge is -2.22. The predicted octanol–water partition coefficient (Wildman–Crippen LogP) is 3.20. The van der Waals surface area contributed by atoms with Crippen molar-refractivity contribution in [2.45, 2.75) is 27.2 Å². The first kappa shape index (κ1) is 16.0. The van der Waals surface area contributed by atoms with E-state index in [2.05, 4.69) is 19.2 Å². The number of carboxylic acid groups (broad SMARTS) is 1. The van der Waals surface area contributed by atoms with E-state index in [-0.39, 0.29) is 11.6 Å². The second kappa shape index (κ2) is 6.93. The van der Waals surface area contributed by atoms with Gasteiger partial charge in [-0.3, -0.25) is 0 Å². The smallest absolute Gasteiger partial charge is 0.338 e. The molecule has 0 spiro atoms. The number of carboxylic acids is 1. The highest BCUT2D eigenvalue weighted by Crippen LogP contribution is 2.20. The zero-order valence-electron chi connectivity index (χ0n) is 12.4. The summed E-state index contributed by atoms with van der Waals surface area (Å²) < 4.78 is 0. The van der Waals surface area contributed by atoms with Crippen LogP contribution in [0.5, 0.6) is 0 Å². The molecule has 2 amide bonds. The van der Waals surface area contributed by atoms with Crippen LogP contribution in [0.3, 0.4) is 0 Å². The number of aryl methyl sites for hydroxylation is 1. The van der Waals surface area contributed by atoms with Crippen molar-refractivity contribution in [1.82, 2.24) is 4.90 Å². The maximum absolute atomic E-state index is 12.1. The minimum Gasteiger partial charge on any atom is -0.478 e. The Hall–Kier alpha value is -2.04. The van der Waals surface area contributed by atoms with Gasteiger partial charge in [0.15, 0.2) is 0 Å². The number of carbonyl (C=O) groups is 2. The zero-order valence-corrected chi connectivity index (χ0v) is 12.4. The maximum Gasteiger partial charge on any atom is 0.338 e. The molecule has 1 aromatic rings. The molecule has 2 N–H and O–H groups in total. The summed E-state index contributed by atoms with van der Waals surface area (Å²) in [5.41, 5.74) is 1.09. The molecular weight excluding hydrogens is 256 g/mol. The first-order chi connectivity index (χ1) is 9.36. The van der Waals surface area contributed by atoms with Crippen LogP contribution in [-0.2, 0) is 0 Å². The summed E-state index contributed by atoms with van der Waals surface area (Å²) in [7, 11) is 1.71. The van der Waals surface area contributed by atoms with Crippen molar-refractivity contribution < 1.29 is 14.7 Å². The van der Waals surface area contributed by atoms with Gasteiger partial charge in [0.1, 0.15) is 0 Å². The number of nitrogens with zero attached hydrogens (tertiary/aromatic N) is 1. The Bertz CT molecular complexity index is 500. The number of urea groups is 1. The molecule has 0 bridgehead atoms. The third kappa shape index (κ3) is 3.98. The largest absolute Gasteiger partial charge is 0.478 e. The zero-order chi connectivity index (χ0) is 15.3. The van der Waals surface area contributed by atoms with Crippen molar-refractivity contribution in [1.29, 1.82) is 0 Å². The van der Waals surface area contributed by atoms with Crippen molar-refractivity contribution in [3.63, 3.8) is 0 Å². The van der Waals surface area contributed by atoms with Crippen LogP contribution in [0.2, 0.25) is 0 Å². The van der Waals surface area contributed by atoms with E-state index in [0.29, 0.717) is 23.7 Å². The summed E-state index contributed by atoms with van der Waals surface area (Å²) in [4.78, 5) is 24.9. The summed E-state index contributed by atoms with van der Waals surface area (Å²) in [6, 6.07) is 4.75. The molecule has 0 saturated carbocycles. The topological polar surface area (TPSA) is 69.6 Å². The van der Waals surface area contributed by atoms with Gasteiger partial charge in [-0.2, -0.15) is 0 Å². The van der Waals surface area contributed by atoms with Gasteiger partial charge in [-0.05, 0) is 24.5 Å². The van der Waals surface area contributed by atoms with Gasteiger partial charge in [-0.1, -0.05) is 32.4 Å². The van der Waals surface area contributed by atoms with Crippen LogP contribution in [0.4, 0.5) is 10.5 Å². The Labute approximate surface area is 119 Å². The Balaban J connectivity index is 2.86. The molecule has 0 aromatic heterocycles. The highest BCUT2D eigenvalue weighted by molar-refractivity contribution is 6.01. The number of hydrogen-bond acceptors (Lipinski definition) is 2. The van der Waals surface area contributed by atoms with Crippen LogP contribution in [0, 0.1) is 12.8 Å². The average molecular weight is 278 g/mol. The molecule has 0 radical (unpaired) electrons. The highest BCUT2D eigenvalue weighted by Gasteiger charge is 2.17. The summed E-state index contributed by atoms with van der Waals surface area (Å²) in [6.45, 7) is 6.48. The maximum atomic E-state index is 12.1. The van der Waals surface area contributed by atoms with Crippen LogP contribution in [-0.4, -0.2) is 35.6 Å². The molecule has 0 aliphatic heterocycles. The number of hydrogen-bond donors (Lipinski definition) is 2. The first-order valence-corrected chi connectivity index (χ1v) is 6.71. The molecule has 1 unspecified atom stereocenters. The van der Waals surface area contributed by atoms with E-state index in [1.165, 1.54) is 0 Å². The molecule has 0 heterocycles. The molecule has 1 aromatic carbocycles. The van der Waals surface area contributed by atoms with E-state index in [4.69, 9.17) is 0 Å². The van der Waals surface area contributed by atoms with Gasteiger partial charge in [0.2, 0.25) is 0 Å².